The average molecular weight is 1340 g/mol. The van der Waals surface area contributed by atoms with E-state index >= 15 is 0 Å². The normalized spacial score (nSPS) is 14.2. The van der Waals surface area contributed by atoms with Gasteiger partial charge in [0.05, 0.1) is 26.4 Å². The number of aliphatic hydroxyl groups is 1. The van der Waals surface area contributed by atoms with Crippen molar-refractivity contribution in [3.05, 3.63) is 0 Å². The van der Waals surface area contributed by atoms with Gasteiger partial charge >= 0.3 is 39.5 Å². The van der Waals surface area contributed by atoms with Crippen LogP contribution in [-0.2, 0) is 65.4 Å². The Morgan fingerprint density at radius 2 is 0.505 bits per heavy atom. The van der Waals surface area contributed by atoms with Crippen molar-refractivity contribution in [2.45, 2.75) is 381 Å². The Morgan fingerprint density at radius 3 is 0.747 bits per heavy atom. The molecule has 0 aromatic heterocycles. The Kier molecular flexibility index (Phi) is 61.5. The van der Waals surface area contributed by atoms with E-state index in [-0.39, 0.29) is 25.7 Å². The summed E-state index contributed by atoms with van der Waals surface area (Å²) in [6, 6.07) is 0. The van der Waals surface area contributed by atoms with Crippen LogP contribution in [0, 0.1) is 17.8 Å². The van der Waals surface area contributed by atoms with Crippen LogP contribution < -0.4 is 0 Å². The first kappa shape index (κ1) is 89.1. The molecule has 2 unspecified atom stereocenters. The lowest BCUT2D eigenvalue weighted by Crippen LogP contribution is -2.30. The van der Waals surface area contributed by atoms with Crippen LogP contribution in [0.4, 0.5) is 0 Å². The minimum atomic E-state index is -4.95. The molecular formula is C72H140O17P2. The van der Waals surface area contributed by atoms with E-state index in [1.807, 2.05) is 0 Å². The van der Waals surface area contributed by atoms with Crippen molar-refractivity contribution >= 4 is 39.5 Å². The number of rotatable bonds is 70. The second kappa shape index (κ2) is 62.8. The van der Waals surface area contributed by atoms with Crippen molar-refractivity contribution in [2.24, 2.45) is 17.8 Å². The standard InChI is InChI=1S/C72H140O17P2/c1-8-9-10-11-12-13-14-15-16-17-18-26-33-41-48-55-71(76)88-67(59-82-69(74)53-46-39-32-25-21-19-23-29-36-43-50-63(2)3)61-86-90(78,79)84-57-66(73)58-85-91(80,81)87-62-68(60-83-70(75)54-47-40-35-28-31-38-45-52-65(6)7)89-72(77)56-49-42-34-27-22-20-24-30-37-44-51-64(4)5/h63-68,73H,8-62H2,1-7H3,(H,78,79)(H,80,81)/t66-,67-,68-/m1/s1. The van der Waals surface area contributed by atoms with Gasteiger partial charge in [0.2, 0.25) is 0 Å². The van der Waals surface area contributed by atoms with E-state index in [0.717, 1.165) is 108 Å². The summed E-state index contributed by atoms with van der Waals surface area (Å²) >= 11 is 0. The minimum absolute atomic E-state index is 0.105. The van der Waals surface area contributed by atoms with Crippen molar-refractivity contribution in [1.82, 2.24) is 0 Å². The summed E-state index contributed by atoms with van der Waals surface area (Å²) in [4.78, 5) is 72.6. The predicted octanol–water partition coefficient (Wildman–Crippen LogP) is 20.6. The van der Waals surface area contributed by atoms with Crippen LogP contribution >= 0.6 is 15.6 Å². The highest BCUT2D eigenvalue weighted by molar-refractivity contribution is 7.47. The topological polar surface area (TPSA) is 237 Å². The van der Waals surface area contributed by atoms with Gasteiger partial charge in [0.25, 0.3) is 0 Å². The molecule has 19 heteroatoms. The third-order valence-electron chi connectivity index (χ3n) is 16.6. The molecule has 0 saturated heterocycles. The summed E-state index contributed by atoms with van der Waals surface area (Å²) in [6.45, 7) is 11.8. The van der Waals surface area contributed by atoms with E-state index in [2.05, 4.69) is 48.5 Å². The summed E-state index contributed by atoms with van der Waals surface area (Å²) in [5.74, 6) is 0.0924. The van der Waals surface area contributed by atoms with Crippen LogP contribution in [0.2, 0.25) is 0 Å². The summed E-state index contributed by atoms with van der Waals surface area (Å²) in [7, 11) is -9.91. The number of phosphoric ester groups is 2. The van der Waals surface area contributed by atoms with Crippen molar-refractivity contribution in [3.63, 3.8) is 0 Å². The lowest BCUT2D eigenvalue weighted by molar-refractivity contribution is -0.161. The third kappa shape index (κ3) is 66.5. The van der Waals surface area contributed by atoms with E-state index < -0.39 is 97.5 Å². The van der Waals surface area contributed by atoms with Gasteiger partial charge in [-0.3, -0.25) is 37.3 Å². The van der Waals surface area contributed by atoms with Crippen molar-refractivity contribution in [2.75, 3.05) is 39.6 Å². The van der Waals surface area contributed by atoms with Crippen LogP contribution in [0.1, 0.15) is 363 Å². The van der Waals surface area contributed by atoms with Gasteiger partial charge in [0, 0.05) is 25.7 Å². The zero-order valence-electron chi connectivity index (χ0n) is 59.3. The van der Waals surface area contributed by atoms with Gasteiger partial charge in [-0.15, -0.1) is 0 Å². The first-order valence-corrected chi connectivity index (χ1v) is 40.3. The number of phosphoric acid groups is 2. The highest BCUT2D eigenvalue weighted by atomic mass is 31.2. The highest BCUT2D eigenvalue weighted by Gasteiger charge is 2.30. The van der Waals surface area contributed by atoms with Crippen molar-refractivity contribution < 1.29 is 80.2 Å². The number of hydrogen-bond donors (Lipinski definition) is 3. The van der Waals surface area contributed by atoms with Crippen LogP contribution in [0.25, 0.3) is 0 Å². The molecule has 0 aliphatic heterocycles. The molecule has 0 radical (unpaired) electrons. The second-order valence-electron chi connectivity index (χ2n) is 27.4. The Hall–Kier alpha value is -1.94. The lowest BCUT2D eigenvalue weighted by atomic mass is 10.0. The molecule has 17 nitrogen and oxygen atoms in total. The molecule has 0 aliphatic rings. The van der Waals surface area contributed by atoms with E-state index in [0.29, 0.717) is 31.6 Å². The lowest BCUT2D eigenvalue weighted by Gasteiger charge is -2.21. The Morgan fingerprint density at radius 1 is 0.297 bits per heavy atom. The summed E-state index contributed by atoms with van der Waals surface area (Å²) in [5.41, 5.74) is 0. The molecule has 0 aromatic rings. The van der Waals surface area contributed by atoms with Gasteiger partial charge in [0.15, 0.2) is 12.2 Å². The van der Waals surface area contributed by atoms with Gasteiger partial charge in [-0.05, 0) is 43.4 Å². The van der Waals surface area contributed by atoms with Crippen LogP contribution in [-0.4, -0.2) is 96.7 Å². The maximum Gasteiger partial charge on any atom is 0.472 e. The molecule has 0 aromatic carbocycles. The number of hydrogen-bond acceptors (Lipinski definition) is 15. The SMILES string of the molecule is CCCCCCCCCCCCCCCCCC(=O)O[C@H](COC(=O)CCCCCCCCCCCCC(C)C)COP(=O)(O)OC[C@@H](O)COP(=O)(O)OC[C@@H](COC(=O)CCCCCCCCCC(C)C)OC(=O)CCCCCCCCCCCCC(C)C. The van der Waals surface area contributed by atoms with E-state index in [4.69, 9.17) is 37.0 Å². The fraction of sp³-hybridized carbons (Fsp3) is 0.944. The van der Waals surface area contributed by atoms with Crippen molar-refractivity contribution in [3.8, 4) is 0 Å². The fourth-order valence-corrected chi connectivity index (χ4v) is 12.5. The molecule has 0 amide bonds. The minimum Gasteiger partial charge on any atom is -0.462 e. The van der Waals surface area contributed by atoms with Gasteiger partial charge in [0.1, 0.15) is 19.3 Å². The summed E-state index contributed by atoms with van der Waals surface area (Å²) in [5, 5.41) is 10.6. The molecule has 91 heavy (non-hydrogen) atoms. The van der Waals surface area contributed by atoms with Crippen molar-refractivity contribution in [1.29, 1.82) is 0 Å². The molecule has 3 N–H and O–H groups in total. The number of esters is 4. The number of unbranched alkanes of at least 4 members (excludes halogenated alkanes) is 38. The van der Waals surface area contributed by atoms with Gasteiger partial charge in [-0.25, -0.2) is 9.13 Å². The van der Waals surface area contributed by atoms with E-state index in [1.54, 1.807) is 0 Å². The number of ether oxygens (including phenoxy) is 4. The second-order valence-corrected chi connectivity index (χ2v) is 30.3. The third-order valence-corrected chi connectivity index (χ3v) is 18.5. The smallest absolute Gasteiger partial charge is 0.462 e. The quantitative estimate of drug-likeness (QED) is 0.0222. The molecular weight excluding hydrogens is 1200 g/mol. The van der Waals surface area contributed by atoms with Crippen LogP contribution in [0.15, 0.2) is 0 Å². The van der Waals surface area contributed by atoms with Crippen LogP contribution in [0.5, 0.6) is 0 Å². The van der Waals surface area contributed by atoms with E-state index in [9.17, 15) is 43.2 Å². The summed E-state index contributed by atoms with van der Waals surface area (Å²) in [6.07, 6.45) is 47.2. The number of carbonyl (C=O) groups excluding carboxylic acids is 4. The molecule has 0 saturated carbocycles. The zero-order chi connectivity index (χ0) is 67.3. The van der Waals surface area contributed by atoms with Gasteiger partial charge in [-0.2, -0.15) is 0 Å². The van der Waals surface area contributed by atoms with Crippen LogP contribution in [0.3, 0.4) is 0 Å². The van der Waals surface area contributed by atoms with Gasteiger partial charge < -0.3 is 33.8 Å². The molecule has 0 spiro atoms. The maximum atomic E-state index is 13.0. The monoisotopic (exact) mass is 1340 g/mol. The largest absolute Gasteiger partial charge is 0.472 e. The summed E-state index contributed by atoms with van der Waals surface area (Å²) < 4.78 is 68.4. The predicted molar refractivity (Wildman–Crippen MR) is 368 cm³/mol. The number of carbonyl (C=O) groups is 4. The molecule has 0 bridgehead atoms. The molecule has 0 heterocycles. The highest BCUT2D eigenvalue weighted by Crippen LogP contribution is 2.45. The average Bonchev–Trinajstić information content (AvgIpc) is 3.53. The van der Waals surface area contributed by atoms with E-state index in [1.165, 1.54) is 167 Å². The Bertz CT molecular complexity index is 1780. The molecule has 0 aliphatic carbocycles. The fourth-order valence-electron chi connectivity index (χ4n) is 10.9. The molecule has 540 valence electrons. The maximum absolute atomic E-state index is 13.0. The van der Waals surface area contributed by atoms with Gasteiger partial charge in [-0.1, -0.05) is 312 Å². The Labute approximate surface area is 556 Å². The molecule has 5 atom stereocenters. The first-order valence-electron chi connectivity index (χ1n) is 37.3. The zero-order valence-corrected chi connectivity index (χ0v) is 61.1. The first-order chi connectivity index (χ1) is 43.7. The molecule has 0 rings (SSSR count). The Balaban J connectivity index is 5.26. The number of aliphatic hydroxyl groups excluding tert-OH is 1. The molecule has 0 fully saturated rings.